The van der Waals surface area contributed by atoms with Crippen LogP contribution in [0.1, 0.15) is 31.0 Å². The Morgan fingerprint density at radius 1 is 1.17 bits per heavy atom. The summed E-state index contributed by atoms with van der Waals surface area (Å²) in [5, 5.41) is 4.21. The maximum Gasteiger partial charge on any atom is 0.573 e. The zero-order valence-electron chi connectivity index (χ0n) is 12.0. The van der Waals surface area contributed by atoms with E-state index in [2.05, 4.69) is 14.8 Å². The lowest BCUT2D eigenvalue weighted by atomic mass is 9.88. The molecular formula is C15H14F3N3O2. The summed E-state index contributed by atoms with van der Waals surface area (Å²) in [5.74, 6) is 0.718. The molecule has 1 aromatic heterocycles. The van der Waals surface area contributed by atoms with Gasteiger partial charge in [0.25, 0.3) is 0 Å². The molecule has 0 amide bonds. The molecule has 3 heterocycles. The summed E-state index contributed by atoms with van der Waals surface area (Å²) in [6, 6.07) is 5.61. The minimum absolute atomic E-state index is 0.163. The van der Waals surface area contributed by atoms with Crippen LogP contribution in [0.25, 0.3) is 5.69 Å². The fraction of sp³-hybridized carbons (Fsp3) is 0.467. The summed E-state index contributed by atoms with van der Waals surface area (Å²) in [4.78, 5) is 4.34. The Bertz CT molecular complexity index is 699. The van der Waals surface area contributed by atoms with E-state index in [0.29, 0.717) is 5.69 Å². The standard InChI is InChI=1S/C15H14F3N3O2/c16-15(17,18)23-10-3-1-9(2-4-10)21-14(19-8-20-21)12-7-11-5-6-13(12)22-11/h1-4,8,11-13H,5-7H2/t11-,12+,13+/m0/s1. The van der Waals surface area contributed by atoms with Crippen LogP contribution in [0.2, 0.25) is 0 Å². The van der Waals surface area contributed by atoms with E-state index in [1.54, 1.807) is 4.68 Å². The van der Waals surface area contributed by atoms with Crippen LogP contribution in [0.4, 0.5) is 13.2 Å². The number of benzene rings is 1. The number of rotatable bonds is 3. The summed E-state index contributed by atoms with van der Waals surface area (Å²) < 4.78 is 48.0. The first-order chi connectivity index (χ1) is 11.0. The van der Waals surface area contributed by atoms with Crippen molar-refractivity contribution >= 4 is 0 Å². The lowest BCUT2D eigenvalue weighted by Gasteiger charge is -2.18. The molecule has 0 N–H and O–H groups in total. The summed E-state index contributed by atoms with van der Waals surface area (Å²) in [6.07, 6.45) is 0.230. The Kier molecular flexibility index (Phi) is 3.29. The van der Waals surface area contributed by atoms with E-state index in [0.717, 1.165) is 25.1 Å². The number of alkyl halides is 3. The molecule has 2 fully saturated rings. The second-order valence-corrected chi connectivity index (χ2v) is 5.79. The second kappa shape index (κ2) is 5.23. The maximum absolute atomic E-state index is 12.2. The zero-order chi connectivity index (χ0) is 16.0. The summed E-state index contributed by atoms with van der Waals surface area (Å²) in [5.41, 5.74) is 0.648. The summed E-state index contributed by atoms with van der Waals surface area (Å²) in [6.45, 7) is 0. The van der Waals surface area contributed by atoms with Crippen LogP contribution < -0.4 is 4.74 Å². The minimum Gasteiger partial charge on any atom is -0.406 e. The van der Waals surface area contributed by atoms with Crippen LogP contribution in [-0.4, -0.2) is 33.3 Å². The molecule has 0 unspecified atom stereocenters. The lowest BCUT2D eigenvalue weighted by Crippen LogP contribution is -2.19. The van der Waals surface area contributed by atoms with Crippen LogP contribution in [0.3, 0.4) is 0 Å². The van der Waals surface area contributed by atoms with Crippen LogP contribution in [0, 0.1) is 0 Å². The van der Waals surface area contributed by atoms with Gasteiger partial charge in [-0.15, -0.1) is 13.2 Å². The first-order valence-electron chi connectivity index (χ1n) is 7.41. The van der Waals surface area contributed by atoms with E-state index in [-0.39, 0.29) is 23.9 Å². The van der Waals surface area contributed by atoms with Crippen molar-refractivity contribution in [1.82, 2.24) is 14.8 Å². The van der Waals surface area contributed by atoms with Gasteiger partial charge in [0.05, 0.1) is 17.9 Å². The Morgan fingerprint density at radius 2 is 1.96 bits per heavy atom. The van der Waals surface area contributed by atoms with Gasteiger partial charge >= 0.3 is 6.36 Å². The number of ether oxygens (including phenoxy) is 2. The highest BCUT2D eigenvalue weighted by molar-refractivity contribution is 5.38. The lowest BCUT2D eigenvalue weighted by molar-refractivity contribution is -0.274. The highest BCUT2D eigenvalue weighted by Gasteiger charge is 2.43. The van der Waals surface area contributed by atoms with Gasteiger partial charge in [0.2, 0.25) is 0 Å². The van der Waals surface area contributed by atoms with Crippen molar-refractivity contribution < 1.29 is 22.6 Å². The SMILES string of the molecule is FC(F)(F)Oc1ccc(-n2ncnc2[C@@H]2C[C@@H]3CC[C@H]2O3)cc1. The van der Waals surface area contributed by atoms with E-state index in [4.69, 9.17) is 4.74 Å². The molecule has 0 aliphatic carbocycles. The largest absolute Gasteiger partial charge is 0.573 e. The first-order valence-corrected chi connectivity index (χ1v) is 7.41. The average Bonchev–Trinajstić information content (AvgIpc) is 3.22. The van der Waals surface area contributed by atoms with Crippen LogP contribution in [0.5, 0.6) is 5.75 Å². The van der Waals surface area contributed by atoms with Crippen molar-refractivity contribution in [2.75, 3.05) is 0 Å². The van der Waals surface area contributed by atoms with Gasteiger partial charge in [0.1, 0.15) is 17.9 Å². The van der Waals surface area contributed by atoms with Gasteiger partial charge in [0, 0.05) is 5.92 Å². The van der Waals surface area contributed by atoms with E-state index >= 15 is 0 Å². The molecule has 122 valence electrons. The van der Waals surface area contributed by atoms with E-state index in [1.165, 1.54) is 30.6 Å². The quantitative estimate of drug-likeness (QED) is 0.869. The number of hydrogen-bond donors (Lipinski definition) is 0. The third kappa shape index (κ3) is 2.78. The van der Waals surface area contributed by atoms with Crippen molar-refractivity contribution in [2.45, 2.75) is 43.8 Å². The second-order valence-electron chi connectivity index (χ2n) is 5.79. The molecule has 3 atom stereocenters. The Hall–Kier alpha value is -2.09. The predicted octanol–water partition coefficient (Wildman–Crippen LogP) is 3.20. The fourth-order valence-electron chi connectivity index (χ4n) is 3.40. The topological polar surface area (TPSA) is 49.2 Å². The Morgan fingerprint density at radius 3 is 2.57 bits per heavy atom. The molecule has 5 nitrogen and oxygen atoms in total. The van der Waals surface area contributed by atoms with Crippen molar-refractivity contribution in [3.63, 3.8) is 0 Å². The van der Waals surface area contributed by atoms with Gasteiger partial charge in [-0.25, -0.2) is 9.67 Å². The minimum atomic E-state index is -4.69. The molecule has 2 saturated heterocycles. The molecule has 1 aromatic carbocycles. The van der Waals surface area contributed by atoms with Gasteiger partial charge in [-0.2, -0.15) is 5.10 Å². The summed E-state index contributed by atoms with van der Waals surface area (Å²) >= 11 is 0. The number of hydrogen-bond acceptors (Lipinski definition) is 4. The number of halogens is 3. The van der Waals surface area contributed by atoms with E-state index in [1.807, 2.05) is 0 Å². The van der Waals surface area contributed by atoms with Gasteiger partial charge in [-0.3, -0.25) is 0 Å². The molecule has 0 spiro atoms. The number of nitrogens with zero attached hydrogens (tertiary/aromatic N) is 3. The monoisotopic (exact) mass is 325 g/mol. The molecule has 0 radical (unpaired) electrons. The maximum atomic E-state index is 12.2. The molecule has 2 aliphatic heterocycles. The Balaban J connectivity index is 1.58. The van der Waals surface area contributed by atoms with Gasteiger partial charge in [-0.05, 0) is 43.5 Å². The zero-order valence-corrected chi connectivity index (χ0v) is 12.0. The predicted molar refractivity (Wildman–Crippen MR) is 73.3 cm³/mol. The molecule has 8 heteroatoms. The molecular weight excluding hydrogens is 311 g/mol. The van der Waals surface area contributed by atoms with Gasteiger partial charge < -0.3 is 9.47 Å². The van der Waals surface area contributed by atoms with Crippen LogP contribution in [0.15, 0.2) is 30.6 Å². The van der Waals surface area contributed by atoms with Crippen molar-refractivity contribution in [3.05, 3.63) is 36.4 Å². The fourth-order valence-corrected chi connectivity index (χ4v) is 3.40. The first kappa shape index (κ1) is 14.5. The summed E-state index contributed by atoms with van der Waals surface area (Å²) in [7, 11) is 0. The molecule has 4 rings (SSSR count). The molecule has 23 heavy (non-hydrogen) atoms. The third-order valence-electron chi connectivity index (χ3n) is 4.33. The van der Waals surface area contributed by atoms with Crippen molar-refractivity contribution in [2.24, 2.45) is 0 Å². The molecule has 2 aliphatic rings. The highest BCUT2D eigenvalue weighted by Crippen LogP contribution is 2.44. The molecule has 2 aromatic rings. The van der Waals surface area contributed by atoms with Crippen molar-refractivity contribution in [1.29, 1.82) is 0 Å². The van der Waals surface area contributed by atoms with Crippen molar-refractivity contribution in [3.8, 4) is 11.4 Å². The average molecular weight is 325 g/mol. The molecule has 2 bridgehead atoms. The van der Waals surface area contributed by atoms with Gasteiger partial charge in [-0.1, -0.05) is 0 Å². The van der Waals surface area contributed by atoms with Crippen LogP contribution >= 0.6 is 0 Å². The normalized spacial score (nSPS) is 26.7. The molecule has 0 saturated carbocycles. The smallest absolute Gasteiger partial charge is 0.406 e. The van der Waals surface area contributed by atoms with E-state index < -0.39 is 6.36 Å². The highest BCUT2D eigenvalue weighted by atomic mass is 19.4. The number of fused-ring (bicyclic) bond motifs is 2. The van der Waals surface area contributed by atoms with E-state index in [9.17, 15) is 13.2 Å². The third-order valence-corrected chi connectivity index (χ3v) is 4.33. The number of aromatic nitrogens is 3. The Labute approximate surface area is 130 Å². The van der Waals surface area contributed by atoms with Gasteiger partial charge in [0.15, 0.2) is 0 Å². The van der Waals surface area contributed by atoms with Crippen LogP contribution in [-0.2, 0) is 4.74 Å².